The van der Waals surface area contributed by atoms with Gasteiger partial charge in [-0.1, -0.05) is 12.1 Å². The fraction of sp³-hybridized carbons (Fsp3) is 0.375. The normalized spacial score (nSPS) is 16.5. The summed E-state index contributed by atoms with van der Waals surface area (Å²) in [7, 11) is -3.87. The monoisotopic (exact) mass is 413 g/mol. The minimum atomic E-state index is -3.87. The van der Waals surface area contributed by atoms with Gasteiger partial charge in [-0.3, -0.25) is 0 Å². The van der Waals surface area contributed by atoms with Gasteiger partial charge in [0.2, 0.25) is 10.0 Å². The van der Waals surface area contributed by atoms with Crippen LogP contribution in [-0.2, 0) is 10.0 Å². The highest BCUT2D eigenvalue weighted by atomic mass is 32.2. The van der Waals surface area contributed by atoms with E-state index in [1.165, 1.54) is 22.8 Å². The first-order chi connectivity index (χ1) is 12.9. The average Bonchev–Trinajstić information content (AvgIpc) is 3.26. The van der Waals surface area contributed by atoms with Crippen LogP contribution in [-0.4, -0.2) is 53.1 Å². The van der Waals surface area contributed by atoms with Crippen LogP contribution in [0.25, 0.3) is 10.1 Å². The van der Waals surface area contributed by atoms with Crippen LogP contribution in [0.2, 0.25) is 0 Å². The van der Waals surface area contributed by atoms with E-state index in [1.54, 1.807) is 0 Å². The number of alkyl halides is 2. The van der Waals surface area contributed by atoms with Gasteiger partial charge in [0.25, 0.3) is 0 Å². The molecule has 3 heterocycles. The highest BCUT2D eigenvalue weighted by Crippen LogP contribution is 2.31. The lowest BCUT2D eigenvalue weighted by atomic mass is 10.2. The maximum atomic E-state index is 12.9. The smallest absolute Gasteiger partial charge is 0.333 e. The lowest BCUT2D eigenvalue weighted by molar-refractivity contribution is 0.0541. The van der Waals surface area contributed by atoms with Gasteiger partial charge >= 0.3 is 6.55 Å². The first-order valence-corrected chi connectivity index (χ1v) is 10.5. The van der Waals surface area contributed by atoms with Crippen LogP contribution in [0.4, 0.5) is 14.6 Å². The number of halogens is 2. The van der Waals surface area contributed by atoms with Crippen LogP contribution in [0.1, 0.15) is 12.2 Å². The van der Waals surface area contributed by atoms with Crippen molar-refractivity contribution in [2.45, 2.75) is 18.4 Å². The third-order valence-electron chi connectivity index (χ3n) is 4.70. The van der Waals surface area contributed by atoms with Crippen molar-refractivity contribution in [3.8, 4) is 0 Å². The summed E-state index contributed by atoms with van der Waals surface area (Å²) in [5.74, 6) is 0.856. The lowest BCUT2D eigenvalue weighted by Gasteiger charge is -2.34. The second-order valence-corrected chi connectivity index (χ2v) is 8.92. The number of hydrogen-bond acceptors (Lipinski definition) is 6. The van der Waals surface area contributed by atoms with E-state index in [2.05, 4.69) is 14.4 Å². The number of piperazine rings is 1. The van der Waals surface area contributed by atoms with Crippen molar-refractivity contribution in [2.24, 2.45) is 0 Å². The van der Waals surface area contributed by atoms with E-state index in [0.29, 0.717) is 17.8 Å². The van der Waals surface area contributed by atoms with E-state index >= 15 is 0 Å². The summed E-state index contributed by atoms with van der Waals surface area (Å²) in [6, 6.07) is 7.90. The number of rotatable bonds is 4. The first kappa shape index (κ1) is 18.3. The zero-order valence-electron chi connectivity index (χ0n) is 14.4. The molecule has 11 heteroatoms. The maximum absolute atomic E-state index is 12.9. The number of aromatic nitrogens is 3. The third-order valence-corrected chi connectivity index (χ3v) is 7.52. The zero-order valence-corrected chi connectivity index (χ0v) is 16.1. The summed E-state index contributed by atoms with van der Waals surface area (Å²) in [5, 5.41) is 4.56. The molecule has 0 atom stereocenters. The standard InChI is InChI=1S/C16H17F2N5O2S2/c1-11-14(10-19-23(11)16(17)18)27(24,25)22-8-6-21(7-9-22)15-12-4-2-3-5-13(12)26-20-15/h2-5,10,16H,6-9H2,1H3. The molecule has 2 aromatic heterocycles. The quantitative estimate of drug-likeness (QED) is 0.658. The van der Waals surface area contributed by atoms with E-state index in [-0.39, 0.29) is 23.7 Å². The Morgan fingerprint density at radius 2 is 1.85 bits per heavy atom. The summed E-state index contributed by atoms with van der Waals surface area (Å²) in [6.45, 7) is -0.0574. The number of fused-ring (bicyclic) bond motifs is 1. The molecule has 0 bridgehead atoms. The second kappa shape index (κ2) is 6.80. The Balaban J connectivity index is 1.53. The molecule has 1 aliphatic rings. The van der Waals surface area contributed by atoms with Gasteiger partial charge in [-0.05, 0) is 30.6 Å². The molecule has 4 rings (SSSR count). The van der Waals surface area contributed by atoms with Crippen LogP contribution >= 0.6 is 11.5 Å². The van der Waals surface area contributed by atoms with Crippen molar-refractivity contribution in [1.29, 1.82) is 0 Å². The summed E-state index contributed by atoms with van der Waals surface area (Å²) in [5.41, 5.74) is -0.0575. The van der Waals surface area contributed by atoms with E-state index in [9.17, 15) is 17.2 Å². The lowest BCUT2D eigenvalue weighted by Crippen LogP contribution is -2.48. The Kier molecular flexibility index (Phi) is 4.60. The molecular weight excluding hydrogens is 396 g/mol. The molecule has 1 saturated heterocycles. The van der Waals surface area contributed by atoms with Crippen molar-refractivity contribution < 1.29 is 17.2 Å². The van der Waals surface area contributed by atoms with Crippen LogP contribution in [0.15, 0.2) is 35.4 Å². The molecule has 144 valence electrons. The fourth-order valence-electron chi connectivity index (χ4n) is 3.24. The molecule has 1 aliphatic heterocycles. The van der Waals surface area contributed by atoms with Gasteiger partial charge < -0.3 is 4.90 Å². The van der Waals surface area contributed by atoms with Gasteiger partial charge in [-0.15, -0.1) is 0 Å². The van der Waals surface area contributed by atoms with Crippen LogP contribution in [0.3, 0.4) is 0 Å². The first-order valence-electron chi connectivity index (χ1n) is 8.31. The molecule has 0 amide bonds. The maximum Gasteiger partial charge on any atom is 0.333 e. The Morgan fingerprint density at radius 1 is 1.15 bits per heavy atom. The molecule has 0 radical (unpaired) electrons. The Hall–Kier alpha value is -2.11. The van der Waals surface area contributed by atoms with Gasteiger partial charge in [0.05, 0.1) is 16.6 Å². The molecule has 27 heavy (non-hydrogen) atoms. The minimum Gasteiger partial charge on any atom is -0.353 e. The highest BCUT2D eigenvalue weighted by molar-refractivity contribution is 7.89. The zero-order chi connectivity index (χ0) is 19.2. The second-order valence-electron chi connectivity index (χ2n) is 6.21. The van der Waals surface area contributed by atoms with Crippen molar-refractivity contribution in [3.05, 3.63) is 36.2 Å². The van der Waals surface area contributed by atoms with Gasteiger partial charge in [0, 0.05) is 31.6 Å². The van der Waals surface area contributed by atoms with E-state index in [0.717, 1.165) is 22.1 Å². The molecule has 1 aromatic carbocycles. The number of anilines is 1. The number of sulfonamides is 1. The minimum absolute atomic E-state index is 0.0575. The molecule has 0 aliphatic carbocycles. The highest BCUT2D eigenvalue weighted by Gasteiger charge is 2.33. The molecule has 7 nitrogen and oxygen atoms in total. The van der Waals surface area contributed by atoms with Crippen LogP contribution in [0.5, 0.6) is 0 Å². The Morgan fingerprint density at radius 3 is 2.52 bits per heavy atom. The number of nitrogens with zero attached hydrogens (tertiary/aromatic N) is 5. The summed E-state index contributed by atoms with van der Waals surface area (Å²) < 4.78 is 58.8. The summed E-state index contributed by atoms with van der Waals surface area (Å²) >= 11 is 1.41. The molecule has 0 saturated carbocycles. The SMILES string of the molecule is Cc1c(S(=O)(=O)N2CCN(c3nsc4ccccc34)CC2)cnn1C(F)F. The van der Waals surface area contributed by atoms with Gasteiger partial charge in [0.15, 0.2) is 0 Å². The van der Waals surface area contributed by atoms with Crippen molar-refractivity contribution >= 4 is 37.5 Å². The van der Waals surface area contributed by atoms with E-state index < -0.39 is 16.6 Å². The third kappa shape index (κ3) is 3.09. The average molecular weight is 413 g/mol. The van der Waals surface area contributed by atoms with Crippen molar-refractivity contribution in [2.75, 3.05) is 31.1 Å². The molecule has 0 unspecified atom stereocenters. The van der Waals surface area contributed by atoms with Crippen molar-refractivity contribution in [1.82, 2.24) is 18.5 Å². The Labute approximate surface area is 159 Å². The molecule has 1 fully saturated rings. The van der Waals surface area contributed by atoms with Gasteiger partial charge in [0.1, 0.15) is 10.7 Å². The fourth-order valence-corrected chi connectivity index (χ4v) is 5.60. The molecular formula is C16H17F2N5O2S2. The van der Waals surface area contributed by atoms with E-state index in [4.69, 9.17) is 0 Å². The topological polar surface area (TPSA) is 71.3 Å². The Bertz CT molecular complexity index is 1070. The largest absolute Gasteiger partial charge is 0.353 e. The predicted octanol–water partition coefficient (Wildman–Crippen LogP) is 2.71. The predicted molar refractivity (Wildman–Crippen MR) is 98.8 cm³/mol. The van der Waals surface area contributed by atoms with Crippen LogP contribution in [0, 0.1) is 6.92 Å². The van der Waals surface area contributed by atoms with Gasteiger partial charge in [-0.2, -0.15) is 22.6 Å². The number of hydrogen-bond donors (Lipinski definition) is 0. The summed E-state index contributed by atoms with van der Waals surface area (Å²) in [6.07, 6.45) is 0.997. The van der Waals surface area contributed by atoms with E-state index in [1.807, 2.05) is 24.3 Å². The molecule has 0 N–H and O–H groups in total. The summed E-state index contributed by atoms with van der Waals surface area (Å²) in [4.78, 5) is 1.88. The van der Waals surface area contributed by atoms with Crippen LogP contribution < -0.4 is 4.90 Å². The molecule has 0 spiro atoms. The van der Waals surface area contributed by atoms with Crippen molar-refractivity contribution in [3.63, 3.8) is 0 Å². The number of benzene rings is 1. The van der Waals surface area contributed by atoms with Gasteiger partial charge in [-0.25, -0.2) is 13.1 Å². The molecule has 3 aromatic rings.